The average molecular weight is 372 g/mol. The number of hydrogen-bond donors (Lipinski definition) is 1. The topological polar surface area (TPSA) is 66.8 Å². The highest BCUT2D eigenvalue weighted by atomic mass is 79.9. The van der Waals surface area contributed by atoms with Crippen LogP contribution in [-0.4, -0.2) is 49.2 Å². The van der Waals surface area contributed by atoms with Crippen LogP contribution in [-0.2, 0) is 20.7 Å². The number of ether oxygens (including phenoxy) is 1. The fraction of sp³-hybridized carbons (Fsp3) is 0.500. The molecule has 0 radical (unpaired) electrons. The van der Waals surface area contributed by atoms with Crippen LogP contribution in [0.3, 0.4) is 0 Å². The summed E-state index contributed by atoms with van der Waals surface area (Å²) in [6.45, 7) is 0.716. The number of methoxy groups -OCH3 is 1. The Labute approximate surface area is 139 Å². The van der Waals surface area contributed by atoms with Crippen molar-refractivity contribution in [3.63, 3.8) is 0 Å². The number of carboxylic acid groups (broad SMARTS) is 1. The standard InChI is InChI=1S/C16H22BrNO4/c1-18(8-6-15(19)20)16(21)13(7-9-22-2)10-12-4-3-5-14(17)11-12/h3-5,11,13H,6-10H2,1-2H3,(H,19,20). The van der Waals surface area contributed by atoms with Crippen molar-refractivity contribution in [1.29, 1.82) is 0 Å². The Kier molecular flexibility index (Phi) is 8.12. The molecule has 6 heteroatoms. The first kappa shape index (κ1) is 18.6. The molecular weight excluding hydrogens is 350 g/mol. The van der Waals surface area contributed by atoms with E-state index in [-0.39, 0.29) is 24.8 Å². The molecule has 0 aliphatic rings. The summed E-state index contributed by atoms with van der Waals surface area (Å²) in [5, 5.41) is 8.73. The molecule has 0 saturated heterocycles. The predicted molar refractivity (Wildman–Crippen MR) is 87.7 cm³/mol. The Bertz CT molecular complexity index is 507. The first-order valence-electron chi connectivity index (χ1n) is 7.14. The van der Waals surface area contributed by atoms with E-state index in [1.54, 1.807) is 14.2 Å². The highest BCUT2D eigenvalue weighted by molar-refractivity contribution is 9.10. The van der Waals surface area contributed by atoms with Gasteiger partial charge in [0.15, 0.2) is 0 Å². The van der Waals surface area contributed by atoms with Gasteiger partial charge in [0, 0.05) is 37.7 Å². The van der Waals surface area contributed by atoms with Crippen molar-refractivity contribution < 1.29 is 19.4 Å². The number of carboxylic acids is 1. The van der Waals surface area contributed by atoms with Gasteiger partial charge in [-0.15, -0.1) is 0 Å². The Morgan fingerprint density at radius 1 is 1.41 bits per heavy atom. The van der Waals surface area contributed by atoms with Gasteiger partial charge in [-0.2, -0.15) is 0 Å². The second-order valence-corrected chi connectivity index (χ2v) is 6.13. The Balaban J connectivity index is 2.73. The number of carbonyl (C=O) groups excluding carboxylic acids is 1. The van der Waals surface area contributed by atoms with Gasteiger partial charge in [0.1, 0.15) is 0 Å². The van der Waals surface area contributed by atoms with Crippen molar-refractivity contribution >= 4 is 27.8 Å². The zero-order valence-corrected chi connectivity index (χ0v) is 14.5. The summed E-state index contributed by atoms with van der Waals surface area (Å²) in [5.74, 6) is -1.16. The van der Waals surface area contributed by atoms with Crippen LogP contribution in [0.5, 0.6) is 0 Å². The Morgan fingerprint density at radius 3 is 2.73 bits per heavy atom. The number of rotatable bonds is 9. The molecule has 5 nitrogen and oxygen atoms in total. The molecule has 0 bridgehead atoms. The summed E-state index contributed by atoms with van der Waals surface area (Å²) in [6, 6.07) is 7.85. The molecule has 0 aromatic heterocycles. The van der Waals surface area contributed by atoms with Gasteiger partial charge in [-0.25, -0.2) is 0 Å². The maximum atomic E-state index is 12.5. The summed E-state index contributed by atoms with van der Waals surface area (Å²) >= 11 is 3.43. The van der Waals surface area contributed by atoms with Gasteiger partial charge in [-0.3, -0.25) is 9.59 Å². The fourth-order valence-corrected chi connectivity index (χ4v) is 2.65. The second-order valence-electron chi connectivity index (χ2n) is 5.22. The SMILES string of the molecule is COCCC(Cc1cccc(Br)c1)C(=O)N(C)CCC(=O)O. The molecule has 22 heavy (non-hydrogen) atoms. The minimum atomic E-state index is -0.903. The van der Waals surface area contributed by atoms with Crippen LogP contribution in [0.2, 0.25) is 0 Å². The summed E-state index contributed by atoms with van der Waals surface area (Å²) in [4.78, 5) is 24.6. The lowest BCUT2D eigenvalue weighted by Gasteiger charge is -2.23. The van der Waals surface area contributed by atoms with Crippen molar-refractivity contribution in [3.8, 4) is 0 Å². The second kappa shape index (κ2) is 9.58. The number of amides is 1. The summed E-state index contributed by atoms with van der Waals surface area (Å²) in [7, 11) is 3.25. The van der Waals surface area contributed by atoms with E-state index in [1.165, 1.54) is 4.90 Å². The molecule has 1 unspecified atom stereocenters. The Morgan fingerprint density at radius 2 is 2.14 bits per heavy atom. The van der Waals surface area contributed by atoms with Gasteiger partial charge in [-0.1, -0.05) is 28.1 Å². The molecule has 1 N–H and O–H groups in total. The van der Waals surface area contributed by atoms with Crippen LogP contribution in [0, 0.1) is 5.92 Å². The maximum Gasteiger partial charge on any atom is 0.305 e. The lowest BCUT2D eigenvalue weighted by Crippen LogP contribution is -2.36. The van der Waals surface area contributed by atoms with Gasteiger partial charge >= 0.3 is 5.97 Å². The third-order valence-electron chi connectivity index (χ3n) is 3.43. The molecule has 1 aromatic rings. The zero-order valence-electron chi connectivity index (χ0n) is 12.9. The van der Waals surface area contributed by atoms with Crippen molar-refractivity contribution in [3.05, 3.63) is 34.3 Å². The first-order valence-corrected chi connectivity index (χ1v) is 7.93. The largest absolute Gasteiger partial charge is 0.481 e. The first-order chi connectivity index (χ1) is 10.4. The van der Waals surface area contributed by atoms with E-state index >= 15 is 0 Å². The molecule has 1 amide bonds. The van der Waals surface area contributed by atoms with Crippen LogP contribution in [0.15, 0.2) is 28.7 Å². The van der Waals surface area contributed by atoms with E-state index < -0.39 is 5.97 Å². The van der Waals surface area contributed by atoms with Crippen molar-refractivity contribution in [2.24, 2.45) is 5.92 Å². The third-order valence-corrected chi connectivity index (χ3v) is 3.92. The fourth-order valence-electron chi connectivity index (χ4n) is 2.21. The van der Waals surface area contributed by atoms with Gasteiger partial charge in [0.25, 0.3) is 0 Å². The molecule has 0 aliphatic heterocycles. The normalized spacial score (nSPS) is 12.0. The third kappa shape index (κ3) is 6.58. The molecule has 0 saturated carbocycles. The van der Waals surface area contributed by atoms with Gasteiger partial charge < -0.3 is 14.7 Å². The molecule has 0 aliphatic carbocycles. The maximum absolute atomic E-state index is 12.5. The number of halogens is 1. The molecule has 122 valence electrons. The molecule has 1 atom stereocenters. The summed E-state index contributed by atoms with van der Waals surface area (Å²) < 4.78 is 6.06. The Hall–Kier alpha value is -1.40. The van der Waals surface area contributed by atoms with Crippen LogP contribution in [0.4, 0.5) is 0 Å². The lowest BCUT2D eigenvalue weighted by atomic mass is 9.95. The molecule has 1 aromatic carbocycles. The van der Waals surface area contributed by atoms with E-state index in [2.05, 4.69) is 15.9 Å². The van der Waals surface area contributed by atoms with Gasteiger partial charge in [0.05, 0.1) is 6.42 Å². The van der Waals surface area contributed by atoms with Crippen molar-refractivity contribution in [2.75, 3.05) is 27.3 Å². The van der Waals surface area contributed by atoms with Crippen molar-refractivity contribution in [2.45, 2.75) is 19.3 Å². The lowest BCUT2D eigenvalue weighted by molar-refractivity contribution is -0.139. The minimum absolute atomic E-state index is 0.0433. The van der Waals surface area contributed by atoms with Crippen molar-refractivity contribution in [1.82, 2.24) is 4.90 Å². The molecule has 1 rings (SSSR count). The zero-order chi connectivity index (χ0) is 16.5. The minimum Gasteiger partial charge on any atom is -0.481 e. The molecular formula is C16H22BrNO4. The van der Waals surface area contributed by atoms with E-state index in [9.17, 15) is 9.59 Å². The number of carbonyl (C=O) groups is 2. The number of nitrogens with zero attached hydrogens (tertiary/aromatic N) is 1. The summed E-state index contributed by atoms with van der Waals surface area (Å²) in [5.41, 5.74) is 1.07. The van der Waals surface area contributed by atoms with Gasteiger partial charge in [0.2, 0.25) is 5.91 Å². The molecule has 0 heterocycles. The number of benzene rings is 1. The van der Waals surface area contributed by atoms with E-state index in [1.807, 2.05) is 24.3 Å². The van der Waals surface area contributed by atoms with Crippen LogP contribution in [0.1, 0.15) is 18.4 Å². The van der Waals surface area contributed by atoms with Crippen LogP contribution >= 0.6 is 15.9 Å². The van der Waals surface area contributed by atoms with E-state index in [0.29, 0.717) is 19.4 Å². The monoisotopic (exact) mass is 371 g/mol. The van der Waals surface area contributed by atoms with Crippen LogP contribution in [0.25, 0.3) is 0 Å². The number of hydrogen-bond acceptors (Lipinski definition) is 3. The molecule has 0 spiro atoms. The highest BCUT2D eigenvalue weighted by Crippen LogP contribution is 2.19. The van der Waals surface area contributed by atoms with E-state index in [0.717, 1.165) is 10.0 Å². The van der Waals surface area contributed by atoms with Gasteiger partial charge in [-0.05, 0) is 30.5 Å². The predicted octanol–water partition coefficient (Wildman–Crippen LogP) is 2.58. The van der Waals surface area contributed by atoms with Crippen LogP contribution < -0.4 is 0 Å². The quantitative estimate of drug-likeness (QED) is 0.724. The molecule has 0 fully saturated rings. The summed E-state index contributed by atoms with van der Waals surface area (Å²) in [6.07, 6.45) is 1.18. The number of aliphatic carboxylic acids is 1. The smallest absolute Gasteiger partial charge is 0.305 e. The average Bonchev–Trinajstić information content (AvgIpc) is 2.48. The highest BCUT2D eigenvalue weighted by Gasteiger charge is 2.22. The van der Waals surface area contributed by atoms with E-state index in [4.69, 9.17) is 9.84 Å².